The Morgan fingerprint density at radius 1 is 1.33 bits per heavy atom. The van der Waals surface area contributed by atoms with E-state index in [0.717, 1.165) is 11.5 Å². The molecule has 1 aliphatic rings. The molecule has 1 aromatic heterocycles. The first-order valence-electron chi connectivity index (χ1n) is 9.22. The van der Waals surface area contributed by atoms with E-state index in [1.807, 2.05) is 13.8 Å². The molecule has 0 spiro atoms. The van der Waals surface area contributed by atoms with Gasteiger partial charge in [0.05, 0.1) is 6.61 Å². The van der Waals surface area contributed by atoms with Gasteiger partial charge in [-0.25, -0.2) is 9.97 Å². The second-order valence-electron chi connectivity index (χ2n) is 6.87. The van der Waals surface area contributed by atoms with Gasteiger partial charge < -0.3 is 20.9 Å². The van der Waals surface area contributed by atoms with E-state index in [1.165, 1.54) is 4.90 Å². The van der Waals surface area contributed by atoms with Crippen molar-refractivity contribution in [3.63, 3.8) is 0 Å². The van der Waals surface area contributed by atoms with Gasteiger partial charge in [-0.2, -0.15) is 6.92 Å². The maximum absolute atomic E-state index is 12.5. The second kappa shape index (κ2) is 10.9. The minimum Gasteiger partial charge on any atom is -0.493 e. The minimum atomic E-state index is -0.354. The zero-order chi connectivity index (χ0) is 20.8. The smallest absolute Gasteiger partial charge is 0.493 e. The molecule has 2 aromatic rings. The Morgan fingerprint density at radius 3 is 2.57 bits per heavy atom. The molecule has 1 atom stereocenters. The summed E-state index contributed by atoms with van der Waals surface area (Å²) in [4.78, 5) is 38.1. The van der Waals surface area contributed by atoms with Crippen LogP contribution in [0.5, 0.6) is 0 Å². The summed E-state index contributed by atoms with van der Waals surface area (Å²) < 4.78 is 4.93. The van der Waals surface area contributed by atoms with Gasteiger partial charge in [0.1, 0.15) is 0 Å². The average Bonchev–Trinajstić information content (AvgIpc) is 3.57. The van der Waals surface area contributed by atoms with Gasteiger partial charge in [0.15, 0.2) is 6.10 Å². The van der Waals surface area contributed by atoms with Gasteiger partial charge >= 0.3 is 17.4 Å². The summed E-state index contributed by atoms with van der Waals surface area (Å²) in [5, 5.41) is 2.74. The molecule has 1 saturated heterocycles. The number of aromatic nitrogens is 2. The van der Waals surface area contributed by atoms with Gasteiger partial charge in [0.2, 0.25) is 11.9 Å². The molecular weight excluding hydrogens is 422 g/mol. The van der Waals surface area contributed by atoms with Crippen LogP contribution in [0.25, 0.3) is 0 Å². The zero-order valence-electron chi connectivity index (χ0n) is 16.9. The molecule has 8 nitrogen and oxygen atoms in total. The van der Waals surface area contributed by atoms with Crippen molar-refractivity contribution >= 4 is 29.7 Å². The Hall–Kier alpha value is -2.73. The van der Waals surface area contributed by atoms with Gasteiger partial charge in [-0.1, -0.05) is 0 Å². The van der Waals surface area contributed by atoms with E-state index in [0.29, 0.717) is 36.8 Å². The van der Waals surface area contributed by atoms with Gasteiger partial charge in [0.25, 0.3) is 5.91 Å². The van der Waals surface area contributed by atoms with Crippen LogP contribution in [0.2, 0.25) is 0 Å². The van der Waals surface area contributed by atoms with Gasteiger partial charge in [0, 0.05) is 23.6 Å². The average molecular weight is 445 g/mol. The largest absolute Gasteiger partial charge is 2.00 e. The van der Waals surface area contributed by atoms with Gasteiger partial charge in [-0.15, -0.1) is 12.6 Å². The van der Waals surface area contributed by atoms with Crippen LogP contribution in [0.3, 0.4) is 0 Å². The van der Waals surface area contributed by atoms with Crippen molar-refractivity contribution in [2.45, 2.75) is 26.4 Å². The molecule has 0 bridgehead atoms. The van der Waals surface area contributed by atoms with Gasteiger partial charge in [-0.05, 0) is 43.3 Å². The summed E-state index contributed by atoms with van der Waals surface area (Å²) >= 11 is 0. The number of rotatable bonds is 8. The van der Waals surface area contributed by atoms with E-state index in [1.54, 1.807) is 42.9 Å². The van der Waals surface area contributed by atoms with E-state index in [-0.39, 0.29) is 35.3 Å². The molecule has 1 aliphatic heterocycles. The maximum atomic E-state index is 12.5. The fourth-order valence-electron chi connectivity index (χ4n) is 2.40. The van der Waals surface area contributed by atoms with E-state index >= 15 is 0 Å². The molecule has 1 fully saturated rings. The van der Waals surface area contributed by atoms with E-state index < -0.39 is 0 Å². The van der Waals surface area contributed by atoms with Crippen molar-refractivity contribution in [1.82, 2.24) is 14.9 Å². The number of ether oxygens (including phenoxy) is 1. The Morgan fingerprint density at radius 2 is 1.97 bits per heavy atom. The molecule has 0 radical (unpaired) electrons. The van der Waals surface area contributed by atoms with Crippen molar-refractivity contribution in [1.29, 1.82) is 0 Å². The maximum Gasteiger partial charge on any atom is 2.00 e. The topological polar surface area (TPSA) is 100 Å². The number of epoxide rings is 1. The van der Waals surface area contributed by atoms with Crippen molar-refractivity contribution in [3.05, 3.63) is 60.8 Å². The molecule has 2 heterocycles. The van der Waals surface area contributed by atoms with Crippen LogP contribution in [0.15, 0.2) is 41.7 Å². The fourth-order valence-corrected chi connectivity index (χ4v) is 2.40. The molecule has 9 heteroatoms. The summed E-state index contributed by atoms with van der Waals surface area (Å²) in [5.74, 6) is 1.01. The van der Waals surface area contributed by atoms with Gasteiger partial charge in [-0.3, -0.25) is 21.6 Å². The standard InChI is InChI=1S/C21H23N5O3.Cr/c1-14(10-22-21-23-11-15(2)12-24-21)8-9-26(3)20(28)16-4-6-17(7-5-16)25-19(27)18-13-29-18;/h4-7,10-12,18H,3,8-9,13H2,1-2H3,(H,25,27);/q-2;+2/b22-10+;. The van der Waals surface area contributed by atoms with Crippen molar-refractivity contribution in [3.8, 4) is 0 Å². The van der Waals surface area contributed by atoms with Crippen LogP contribution in [-0.4, -0.2) is 52.2 Å². The molecule has 0 aliphatic carbocycles. The first-order chi connectivity index (χ1) is 13.9. The summed E-state index contributed by atoms with van der Waals surface area (Å²) in [6.45, 7) is 4.75. The van der Waals surface area contributed by atoms with Crippen LogP contribution < -0.4 is 5.32 Å². The third kappa shape index (κ3) is 6.95. The number of carbonyl (C=O) groups is 2. The molecule has 1 aromatic carbocycles. The zero-order valence-corrected chi connectivity index (χ0v) is 18.1. The molecule has 3 rings (SSSR count). The van der Waals surface area contributed by atoms with E-state index in [9.17, 15) is 9.59 Å². The first kappa shape index (κ1) is 23.6. The van der Waals surface area contributed by atoms with Crippen LogP contribution in [0.4, 0.5) is 11.6 Å². The summed E-state index contributed by atoms with van der Waals surface area (Å²) in [7, 11) is 3.83. The molecule has 1 unspecified atom stereocenters. The monoisotopic (exact) mass is 445 g/mol. The number of aliphatic imine (C=N–C) groups is 1. The third-order valence-corrected chi connectivity index (χ3v) is 4.26. The Labute approximate surface area is 186 Å². The predicted molar refractivity (Wildman–Crippen MR) is 110 cm³/mol. The molecule has 0 saturated carbocycles. The molecular formula is C21H23CrN5O3. The Bertz CT molecular complexity index is 883. The number of benzene rings is 1. The fraction of sp³-hybridized carbons (Fsp3) is 0.286. The number of aryl methyl sites for hydroxylation is 1. The Kier molecular flexibility index (Phi) is 8.54. The molecule has 2 amide bonds. The van der Waals surface area contributed by atoms with Crippen LogP contribution in [0.1, 0.15) is 29.3 Å². The number of amides is 2. The number of hydrogen-bond donors (Lipinski definition) is 1. The van der Waals surface area contributed by atoms with E-state index in [2.05, 4.69) is 27.3 Å². The molecule has 1 N–H and O–H groups in total. The Balaban J connectivity index is 0.00000320. The quantitative estimate of drug-likeness (QED) is 0.383. The van der Waals surface area contributed by atoms with Crippen molar-refractivity contribution in [2.24, 2.45) is 4.99 Å². The number of hydrogen-bond acceptors (Lipinski definition) is 6. The molecule has 156 valence electrons. The summed E-state index contributed by atoms with van der Waals surface area (Å²) in [5.41, 5.74) is 2.10. The third-order valence-electron chi connectivity index (χ3n) is 4.26. The number of carbonyl (C=O) groups excluding carboxylic acids is 2. The van der Waals surface area contributed by atoms with Crippen molar-refractivity contribution in [2.75, 3.05) is 18.5 Å². The SMILES string of the molecule is [CH2-]N(CC[C-](C)/C=N/c1ncc(C)cn1)C(=O)c1ccc(NC(=O)C2CO2)cc1.[Cr+2]. The van der Waals surface area contributed by atoms with E-state index in [4.69, 9.17) is 4.74 Å². The van der Waals surface area contributed by atoms with Crippen LogP contribution in [0, 0.1) is 19.9 Å². The number of nitrogens with zero attached hydrogens (tertiary/aromatic N) is 4. The van der Waals surface area contributed by atoms with Crippen molar-refractivity contribution < 1.29 is 31.7 Å². The number of anilines is 1. The normalized spacial score (nSPS) is 14.7. The molecule has 30 heavy (non-hydrogen) atoms. The van der Waals surface area contributed by atoms with Crippen LogP contribution in [-0.2, 0) is 26.9 Å². The number of nitrogens with one attached hydrogen (secondary N) is 1. The summed E-state index contributed by atoms with van der Waals surface area (Å²) in [6.07, 6.45) is 5.39. The summed E-state index contributed by atoms with van der Waals surface area (Å²) in [6, 6.07) is 6.70. The minimum absolute atomic E-state index is 0. The van der Waals surface area contributed by atoms with Crippen LogP contribution >= 0.6 is 0 Å². The predicted octanol–water partition coefficient (Wildman–Crippen LogP) is 2.74. The first-order valence-corrected chi connectivity index (χ1v) is 9.22. The second-order valence-corrected chi connectivity index (χ2v) is 6.87.